The Bertz CT molecular complexity index is 270. The van der Waals surface area contributed by atoms with Crippen LogP contribution in [-0.2, 0) is 9.59 Å². The van der Waals surface area contributed by atoms with Crippen LogP contribution in [0, 0.1) is 5.41 Å². The van der Waals surface area contributed by atoms with Gasteiger partial charge in [0, 0.05) is 26.1 Å². The molecule has 1 rings (SSSR count). The second-order valence-electron chi connectivity index (χ2n) is 4.36. The van der Waals surface area contributed by atoms with E-state index in [4.69, 9.17) is 5.73 Å². The number of nitrogens with zero attached hydrogens (tertiary/aromatic N) is 1. The maximum absolute atomic E-state index is 11.6. The highest BCUT2D eigenvalue weighted by atomic mass is 16.4. The minimum atomic E-state index is -0.735. The first-order valence-corrected chi connectivity index (χ1v) is 5.77. The largest absolute Gasteiger partial charge is 0.481 e. The number of nitrogens with two attached hydrogens (primary N) is 1. The van der Waals surface area contributed by atoms with Gasteiger partial charge in [-0.3, -0.25) is 9.59 Å². The first-order chi connectivity index (χ1) is 7.55. The van der Waals surface area contributed by atoms with Crippen molar-refractivity contribution in [1.29, 1.82) is 0 Å². The van der Waals surface area contributed by atoms with E-state index in [2.05, 4.69) is 0 Å². The first kappa shape index (κ1) is 13.0. The third-order valence-electron chi connectivity index (χ3n) is 3.56. The number of carboxylic acids is 1. The molecular formula is C11H20N2O3. The third-order valence-corrected chi connectivity index (χ3v) is 3.56. The number of carboxylic acid groups (broad SMARTS) is 1. The molecule has 1 aliphatic rings. The summed E-state index contributed by atoms with van der Waals surface area (Å²) in [7, 11) is 0. The molecule has 0 saturated carbocycles. The second-order valence-corrected chi connectivity index (χ2v) is 4.36. The van der Waals surface area contributed by atoms with E-state index in [9.17, 15) is 14.7 Å². The van der Waals surface area contributed by atoms with Crippen LogP contribution in [-0.4, -0.2) is 41.5 Å². The van der Waals surface area contributed by atoms with Gasteiger partial charge in [-0.2, -0.15) is 0 Å². The van der Waals surface area contributed by atoms with E-state index in [0.717, 1.165) is 0 Å². The van der Waals surface area contributed by atoms with E-state index < -0.39 is 11.4 Å². The van der Waals surface area contributed by atoms with Crippen molar-refractivity contribution in [3.05, 3.63) is 0 Å². The minimum Gasteiger partial charge on any atom is -0.481 e. The molecule has 0 aromatic heterocycles. The van der Waals surface area contributed by atoms with Crippen LogP contribution < -0.4 is 5.73 Å². The van der Waals surface area contributed by atoms with Gasteiger partial charge in [0.25, 0.3) is 0 Å². The molecule has 5 nitrogen and oxygen atoms in total. The summed E-state index contributed by atoms with van der Waals surface area (Å²) in [5, 5.41) is 9.19. The Morgan fingerprint density at radius 2 is 1.94 bits per heavy atom. The van der Waals surface area contributed by atoms with E-state index in [1.54, 1.807) is 4.90 Å². The predicted molar refractivity (Wildman–Crippen MR) is 59.8 cm³/mol. The number of rotatable bonds is 4. The van der Waals surface area contributed by atoms with Gasteiger partial charge in [-0.25, -0.2) is 0 Å². The van der Waals surface area contributed by atoms with Gasteiger partial charge in [-0.05, 0) is 19.3 Å². The number of aliphatic carboxylic acids is 1. The van der Waals surface area contributed by atoms with Crippen molar-refractivity contribution < 1.29 is 14.7 Å². The number of amides is 1. The fraction of sp³-hybridized carbons (Fsp3) is 0.818. The molecule has 0 aromatic carbocycles. The number of carbonyl (C=O) groups excluding carboxylic acids is 1. The van der Waals surface area contributed by atoms with Crippen LogP contribution in [0.5, 0.6) is 0 Å². The molecule has 0 bridgehead atoms. The monoisotopic (exact) mass is 228 g/mol. The van der Waals surface area contributed by atoms with Crippen LogP contribution in [0.15, 0.2) is 0 Å². The van der Waals surface area contributed by atoms with E-state index in [-0.39, 0.29) is 5.91 Å². The summed E-state index contributed by atoms with van der Waals surface area (Å²) in [6, 6.07) is 0. The number of piperidine rings is 1. The Hall–Kier alpha value is -1.10. The molecule has 3 N–H and O–H groups in total. The fourth-order valence-corrected chi connectivity index (χ4v) is 2.18. The van der Waals surface area contributed by atoms with Crippen LogP contribution in [0.3, 0.4) is 0 Å². The smallest absolute Gasteiger partial charge is 0.309 e. The van der Waals surface area contributed by atoms with Gasteiger partial charge in [0.2, 0.25) is 5.91 Å². The zero-order valence-electron chi connectivity index (χ0n) is 9.74. The lowest BCUT2D eigenvalue weighted by molar-refractivity contribution is -0.154. The van der Waals surface area contributed by atoms with Gasteiger partial charge < -0.3 is 15.7 Å². The van der Waals surface area contributed by atoms with Gasteiger partial charge in [-0.1, -0.05) is 6.92 Å². The Morgan fingerprint density at radius 1 is 1.38 bits per heavy atom. The van der Waals surface area contributed by atoms with Crippen molar-refractivity contribution >= 4 is 11.9 Å². The van der Waals surface area contributed by atoms with Gasteiger partial charge in [0.15, 0.2) is 0 Å². The Balaban J connectivity index is 2.56. The molecule has 1 amide bonds. The molecule has 0 radical (unpaired) electrons. The van der Waals surface area contributed by atoms with Crippen LogP contribution in [0.1, 0.15) is 32.6 Å². The predicted octanol–water partition coefficient (Wildman–Crippen LogP) is 0.439. The van der Waals surface area contributed by atoms with Crippen molar-refractivity contribution in [2.75, 3.05) is 19.6 Å². The van der Waals surface area contributed by atoms with Gasteiger partial charge in [0.05, 0.1) is 5.41 Å². The highest BCUT2D eigenvalue weighted by molar-refractivity contribution is 5.78. The quantitative estimate of drug-likeness (QED) is 0.731. The number of likely N-dealkylation sites (tertiary alicyclic amines) is 1. The zero-order valence-corrected chi connectivity index (χ0v) is 9.74. The summed E-state index contributed by atoms with van der Waals surface area (Å²) >= 11 is 0. The van der Waals surface area contributed by atoms with Crippen LogP contribution >= 0.6 is 0 Å². The Labute approximate surface area is 95.6 Å². The standard InChI is InChI=1S/C11H20N2O3/c1-2-11(10(15)16)4-7-13(8-5-11)9(14)3-6-12/h2-8,12H2,1H3,(H,15,16). The molecule has 0 atom stereocenters. The normalized spacial score (nSPS) is 19.5. The molecule has 0 spiro atoms. The van der Waals surface area contributed by atoms with E-state index in [0.29, 0.717) is 45.3 Å². The molecule has 1 fully saturated rings. The summed E-state index contributed by atoms with van der Waals surface area (Å²) in [6.45, 7) is 3.33. The zero-order chi connectivity index (χ0) is 12.2. The van der Waals surface area contributed by atoms with E-state index >= 15 is 0 Å². The first-order valence-electron chi connectivity index (χ1n) is 5.77. The average Bonchev–Trinajstić information content (AvgIpc) is 2.29. The molecule has 1 saturated heterocycles. The molecule has 92 valence electrons. The van der Waals surface area contributed by atoms with Gasteiger partial charge >= 0.3 is 5.97 Å². The van der Waals surface area contributed by atoms with Crippen LogP contribution in [0.25, 0.3) is 0 Å². The molecule has 1 heterocycles. The fourth-order valence-electron chi connectivity index (χ4n) is 2.18. The Kier molecular flexibility index (Phi) is 4.29. The summed E-state index contributed by atoms with van der Waals surface area (Å²) in [5.41, 5.74) is 4.70. The van der Waals surface area contributed by atoms with Crippen molar-refractivity contribution in [3.8, 4) is 0 Å². The number of carbonyl (C=O) groups is 2. The van der Waals surface area contributed by atoms with Crippen LogP contribution in [0.4, 0.5) is 0 Å². The van der Waals surface area contributed by atoms with Crippen molar-refractivity contribution in [3.63, 3.8) is 0 Å². The van der Waals surface area contributed by atoms with E-state index in [1.165, 1.54) is 0 Å². The molecule has 0 unspecified atom stereocenters. The molecule has 5 heteroatoms. The van der Waals surface area contributed by atoms with Gasteiger partial charge in [0.1, 0.15) is 0 Å². The highest BCUT2D eigenvalue weighted by Crippen LogP contribution is 2.35. The van der Waals surface area contributed by atoms with Gasteiger partial charge in [-0.15, -0.1) is 0 Å². The van der Waals surface area contributed by atoms with Crippen molar-refractivity contribution in [2.45, 2.75) is 32.6 Å². The lowest BCUT2D eigenvalue weighted by Crippen LogP contribution is -2.46. The topological polar surface area (TPSA) is 83.6 Å². The van der Waals surface area contributed by atoms with E-state index in [1.807, 2.05) is 6.92 Å². The summed E-state index contributed by atoms with van der Waals surface area (Å²) in [6.07, 6.45) is 2.08. The Morgan fingerprint density at radius 3 is 2.31 bits per heavy atom. The minimum absolute atomic E-state index is 0.0394. The maximum Gasteiger partial charge on any atom is 0.309 e. The van der Waals surface area contributed by atoms with Crippen molar-refractivity contribution in [2.24, 2.45) is 11.1 Å². The number of hydrogen-bond acceptors (Lipinski definition) is 3. The average molecular weight is 228 g/mol. The molecular weight excluding hydrogens is 208 g/mol. The number of hydrogen-bond donors (Lipinski definition) is 2. The maximum atomic E-state index is 11.6. The highest BCUT2D eigenvalue weighted by Gasteiger charge is 2.40. The summed E-state index contributed by atoms with van der Waals surface area (Å²) < 4.78 is 0. The van der Waals surface area contributed by atoms with Crippen LogP contribution in [0.2, 0.25) is 0 Å². The molecule has 0 aliphatic carbocycles. The SMILES string of the molecule is CCC1(C(=O)O)CCN(C(=O)CCN)CC1. The third kappa shape index (κ3) is 2.52. The summed E-state index contributed by atoms with van der Waals surface area (Å²) in [4.78, 5) is 24.5. The van der Waals surface area contributed by atoms with Crippen molar-refractivity contribution in [1.82, 2.24) is 4.90 Å². The summed E-state index contributed by atoms with van der Waals surface area (Å²) in [5.74, 6) is -0.696. The molecule has 16 heavy (non-hydrogen) atoms. The lowest BCUT2D eigenvalue weighted by Gasteiger charge is -2.38. The lowest BCUT2D eigenvalue weighted by atomic mass is 9.76. The second kappa shape index (κ2) is 5.30. The molecule has 0 aromatic rings. The molecule has 1 aliphatic heterocycles.